The maximum absolute atomic E-state index is 10.5. The van der Waals surface area contributed by atoms with Crippen molar-refractivity contribution in [2.45, 2.75) is 45.2 Å². The van der Waals surface area contributed by atoms with Gasteiger partial charge in [0.25, 0.3) is 0 Å². The first-order chi connectivity index (χ1) is 5.61. The molecule has 12 heavy (non-hydrogen) atoms. The Kier molecular flexibility index (Phi) is 3.09. The van der Waals surface area contributed by atoms with Crippen LogP contribution in [0.25, 0.3) is 0 Å². The highest BCUT2D eigenvalue weighted by Gasteiger charge is 2.29. The highest BCUT2D eigenvalue weighted by molar-refractivity contribution is 5.67. The molecule has 0 aromatic carbocycles. The molecule has 1 aliphatic rings. The standard InChI is InChI=1S/C9H17NO2/c1-7-4-3-5-8(2)10(7)6-9(11)12/h7-8H,3-6H2,1-2H3,(H,11,12)/p+1. The van der Waals surface area contributed by atoms with E-state index in [4.69, 9.17) is 5.11 Å². The van der Waals surface area contributed by atoms with E-state index in [-0.39, 0.29) is 6.54 Å². The largest absolute Gasteiger partial charge is 0.477 e. The van der Waals surface area contributed by atoms with Crippen LogP contribution < -0.4 is 4.90 Å². The fourth-order valence-electron chi connectivity index (χ4n) is 2.11. The van der Waals surface area contributed by atoms with Crippen LogP contribution in [-0.4, -0.2) is 29.7 Å². The van der Waals surface area contributed by atoms with E-state index in [0.717, 1.165) is 0 Å². The molecule has 1 fully saturated rings. The Labute approximate surface area is 73.4 Å². The predicted octanol–water partition coefficient (Wildman–Crippen LogP) is -0.0832. The molecule has 1 heterocycles. The first-order valence-corrected chi connectivity index (χ1v) is 4.68. The number of carboxylic acids is 1. The van der Waals surface area contributed by atoms with Crippen molar-refractivity contribution in [2.75, 3.05) is 6.54 Å². The second-order valence-electron chi connectivity index (χ2n) is 3.88. The van der Waals surface area contributed by atoms with Gasteiger partial charge in [0.1, 0.15) is 0 Å². The molecule has 70 valence electrons. The molecule has 2 unspecified atom stereocenters. The van der Waals surface area contributed by atoms with Crippen molar-refractivity contribution in [2.24, 2.45) is 0 Å². The number of likely N-dealkylation sites (tertiary alicyclic amines) is 1. The molecule has 2 N–H and O–H groups in total. The predicted molar refractivity (Wildman–Crippen MR) is 46.2 cm³/mol. The van der Waals surface area contributed by atoms with Crippen LogP contribution in [0, 0.1) is 0 Å². The molecule has 0 aromatic rings. The van der Waals surface area contributed by atoms with E-state index >= 15 is 0 Å². The third-order valence-electron chi connectivity index (χ3n) is 2.90. The average molecular weight is 172 g/mol. The van der Waals surface area contributed by atoms with E-state index in [0.29, 0.717) is 12.1 Å². The average Bonchev–Trinajstić information content (AvgIpc) is 1.97. The molecule has 3 nitrogen and oxygen atoms in total. The van der Waals surface area contributed by atoms with Crippen LogP contribution >= 0.6 is 0 Å². The number of rotatable bonds is 2. The molecule has 3 heteroatoms. The van der Waals surface area contributed by atoms with Crippen molar-refractivity contribution in [3.8, 4) is 0 Å². The SMILES string of the molecule is CC1CCCC(C)[NH+]1CC(=O)O. The van der Waals surface area contributed by atoms with Crippen LogP contribution in [0.5, 0.6) is 0 Å². The van der Waals surface area contributed by atoms with Crippen molar-refractivity contribution >= 4 is 5.97 Å². The first kappa shape index (κ1) is 9.52. The quantitative estimate of drug-likeness (QED) is 0.611. The van der Waals surface area contributed by atoms with Gasteiger partial charge in [-0.2, -0.15) is 0 Å². The summed E-state index contributed by atoms with van der Waals surface area (Å²) in [6.45, 7) is 4.57. The van der Waals surface area contributed by atoms with E-state index in [1.165, 1.54) is 24.2 Å². The summed E-state index contributed by atoms with van der Waals surface area (Å²) >= 11 is 0. The van der Waals surface area contributed by atoms with E-state index in [2.05, 4.69) is 13.8 Å². The number of quaternary nitrogens is 1. The molecule has 0 saturated carbocycles. The number of carboxylic acid groups (broad SMARTS) is 1. The van der Waals surface area contributed by atoms with Gasteiger partial charge in [-0.25, -0.2) is 4.79 Å². The zero-order valence-electron chi connectivity index (χ0n) is 7.84. The minimum atomic E-state index is -0.675. The summed E-state index contributed by atoms with van der Waals surface area (Å²) in [5.41, 5.74) is 0. The normalized spacial score (nSPS) is 36.3. The van der Waals surface area contributed by atoms with Crippen molar-refractivity contribution in [3.63, 3.8) is 0 Å². The van der Waals surface area contributed by atoms with Gasteiger partial charge in [-0.05, 0) is 33.1 Å². The topological polar surface area (TPSA) is 41.7 Å². The molecule has 0 amide bonds. The molecule has 0 spiro atoms. The van der Waals surface area contributed by atoms with Gasteiger partial charge in [0, 0.05) is 0 Å². The number of carbonyl (C=O) groups is 1. The van der Waals surface area contributed by atoms with Crippen LogP contribution in [0.15, 0.2) is 0 Å². The van der Waals surface area contributed by atoms with Crippen LogP contribution in [0.3, 0.4) is 0 Å². The summed E-state index contributed by atoms with van der Waals surface area (Å²) in [4.78, 5) is 11.8. The minimum absolute atomic E-state index is 0.280. The molecule has 0 bridgehead atoms. The highest BCUT2D eigenvalue weighted by Crippen LogP contribution is 2.06. The molecule has 0 radical (unpaired) electrons. The highest BCUT2D eigenvalue weighted by atomic mass is 16.4. The van der Waals surface area contributed by atoms with Gasteiger partial charge in [0.15, 0.2) is 6.54 Å². The summed E-state index contributed by atoms with van der Waals surface area (Å²) in [5, 5.41) is 8.68. The van der Waals surface area contributed by atoms with Gasteiger partial charge in [0.05, 0.1) is 12.1 Å². The van der Waals surface area contributed by atoms with Crippen molar-refractivity contribution in [3.05, 3.63) is 0 Å². The van der Waals surface area contributed by atoms with E-state index in [1.807, 2.05) is 0 Å². The molecular formula is C9H18NO2+. The smallest absolute Gasteiger partial charge is 0.359 e. The lowest BCUT2D eigenvalue weighted by Crippen LogP contribution is -3.20. The summed E-state index contributed by atoms with van der Waals surface area (Å²) < 4.78 is 0. The zero-order valence-corrected chi connectivity index (χ0v) is 7.84. The maximum atomic E-state index is 10.5. The monoisotopic (exact) mass is 172 g/mol. The molecule has 1 saturated heterocycles. The van der Waals surface area contributed by atoms with Gasteiger partial charge in [-0.15, -0.1) is 0 Å². The summed E-state index contributed by atoms with van der Waals surface area (Å²) in [6.07, 6.45) is 3.60. The Morgan fingerprint density at radius 3 is 2.33 bits per heavy atom. The zero-order chi connectivity index (χ0) is 9.14. The number of hydrogen-bond donors (Lipinski definition) is 2. The number of hydrogen-bond acceptors (Lipinski definition) is 1. The van der Waals surface area contributed by atoms with Crippen LogP contribution in [0.2, 0.25) is 0 Å². The molecule has 1 rings (SSSR count). The molecule has 1 aliphatic heterocycles. The van der Waals surface area contributed by atoms with E-state index in [1.54, 1.807) is 0 Å². The van der Waals surface area contributed by atoms with Crippen LogP contribution in [-0.2, 0) is 4.79 Å². The Hall–Kier alpha value is -0.570. The Morgan fingerprint density at radius 2 is 1.92 bits per heavy atom. The van der Waals surface area contributed by atoms with Gasteiger partial charge in [-0.1, -0.05) is 0 Å². The van der Waals surface area contributed by atoms with E-state index in [9.17, 15) is 4.79 Å². The summed E-state index contributed by atoms with van der Waals surface area (Å²) in [6, 6.07) is 1.04. The Bertz CT molecular complexity index is 160. The summed E-state index contributed by atoms with van der Waals surface area (Å²) in [5.74, 6) is -0.675. The molecule has 0 aliphatic carbocycles. The Balaban J connectivity index is 2.50. The second kappa shape index (κ2) is 3.90. The van der Waals surface area contributed by atoms with E-state index < -0.39 is 5.97 Å². The second-order valence-corrected chi connectivity index (χ2v) is 3.88. The van der Waals surface area contributed by atoms with Gasteiger partial charge < -0.3 is 10.0 Å². The van der Waals surface area contributed by atoms with Crippen LogP contribution in [0.1, 0.15) is 33.1 Å². The van der Waals surface area contributed by atoms with Gasteiger partial charge in [-0.3, -0.25) is 0 Å². The lowest BCUT2D eigenvalue weighted by atomic mass is 9.98. The fraction of sp³-hybridized carbons (Fsp3) is 0.889. The first-order valence-electron chi connectivity index (χ1n) is 4.68. The molecule has 0 aromatic heterocycles. The number of piperidine rings is 1. The number of aliphatic carboxylic acids is 1. The van der Waals surface area contributed by atoms with Crippen molar-refractivity contribution in [1.29, 1.82) is 0 Å². The van der Waals surface area contributed by atoms with Gasteiger partial charge >= 0.3 is 5.97 Å². The molecule has 2 atom stereocenters. The minimum Gasteiger partial charge on any atom is -0.477 e. The third kappa shape index (κ3) is 2.21. The lowest BCUT2D eigenvalue weighted by Gasteiger charge is -2.34. The third-order valence-corrected chi connectivity index (χ3v) is 2.90. The Morgan fingerprint density at radius 1 is 1.42 bits per heavy atom. The fourth-order valence-corrected chi connectivity index (χ4v) is 2.11. The maximum Gasteiger partial charge on any atom is 0.359 e. The summed E-state index contributed by atoms with van der Waals surface area (Å²) in [7, 11) is 0. The van der Waals surface area contributed by atoms with Crippen molar-refractivity contribution in [1.82, 2.24) is 0 Å². The number of nitrogens with one attached hydrogen (secondary N) is 1. The molecular weight excluding hydrogens is 154 g/mol. The van der Waals surface area contributed by atoms with Crippen LogP contribution in [0.4, 0.5) is 0 Å². The lowest BCUT2D eigenvalue weighted by molar-refractivity contribution is -0.944. The van der Waals surface area contributed by atoms with Gasteiger partial charge in [0.2, 0.25) is 0 Å². The van der Waals surface area contributed by atoms with Crippen molar-refractivity contribution < 1.29 is 14.8 Å².